The van der Waals surface area contributed by atoms with Crippen molar-refractivity contribution in [3.8, 4) is 0 Å². The van der Waals surface area contributed by atoms with E-state index in [2.05, 4.69) is 67.5 Å². The lowest BCUT2D eigenvalue weighted by molar-refractivity contribution is 0.154. The Bertz CT molecular complexity index is 736. The maximum absolute atomic E-state index is 4.52. The summed E-state index contributed by atoms with van der Waals surface area (Å²) in [5.41, 5.74) is 3.95. The number of rotatable bonds is 4. The Morgan fingerprint density at radius 3 is 2.39 bits per heavy atom. The van der Waals surface area contributed by atoms with Crippen LogP contribution in [0.1, 0.15) is 35.7 Å². The van der Waals surface area contributed by atoms with Crippen LogP contribution in [0.15, 0.2) is 48.7 Å². The van der Waals surface area contributed by atoms with Crippen LogP contribution in [0.2, 0.25) is 0 Å². The predicted molar refractivity (Wildman–Crippen MR) is 127 cm³/mol. The van der Waals surface area contributed by atoms with Gasteiger partial charge in [0, 0.05) is 51.5 Å². The molecule has 5 rings (SSSR count). The average molecular weight is 423 g/mol. The topological polar surface area (TPSA) is 64.2 Å². The third-order valence-electron chi connectivity index (χ3n) is 6.38. The third kappa shape index (κ3) is 6.82. The monoisotopic (exact) mass is 422 g/mol. The highest BCUT2D eigenvalue weighted by Crippen LogP contribution is 2.31. The van der Waals surface area contributed by atoms with Crippen LogP contribution in [0, 0.1) is 0 Å². The van der Waals surface area contributed by atoms with Crippen molar-refractivity contribution in [1.29, 1.82) is 0 Å². The van der Waals surface area contributed by atoms with Gasteiger partial charge in [0.25, 0.3) is 0 Å². The lowest BCUT2D eigenvalue weighted by atomic mass is 9.98. The standard InChI is InChI=1S/C25H38N6/c1-2-13-29-23(5-1)20-30-24-19-21-6-8-22(9-7-21)25(24)31-17-4-12-27-15-14-26-10-3-11-28-16-18-31/h1-2,5-9,13,24-28,30H,3-4,10-12,14-20H2. The van der Waals surface area contributed by atoms with Crippen LogP contribution < -0.4 is 21.3 Å². The van der Waals surface area contributed by atoms with Gasteiger partial charge >= 0.3 is 0 Å². The Labute approximate surface area is 187 Å². The second kappa shape index (κ2) is 12.3. The van der Waals surface area contributed by atoms with E-state index in [1.807, 2.05) is 12.3 Å². The fourth-order valence-electron chi connectivity index (χ4n) is 4.75. The molecule has 2 aromatic rings. The smallest absolute Gasteiger partial charge is 0.0541 e. The van der Waals surface area contributed by atoms with E-state index >= 15 is 0 Å². The molecule has 0 amide bonds. The molecule has 6 heteroatoms. The van der Waals surface area contributed by atoms with Gasteiger partial charge in [-0.1, -0.05) is 30.3 Å². The number of nitrogens with one attached hydrogen (secondary N) is 4. The Hall–Kier alpha value is -1.83. The molecular weight excluding hydrogens is 384 g/mol. The van der Waals surface area contributed by atoms with Crippen LogP contribution in [0.4, 0.5) is 0 Å². The van der Waals surface area contributed by atoms with E-state index in [9.17, 15) is 0 Å². The van der Waals surface area contributed by atoms with Crippen molar-refractivity contribution in [1.82, 2.24) is 31.2 Å². The van der Waals surface area contributed by atoms with Crippen LogP contribution in [0.5, 0.6) is 0 Å². The zero-order valence-corrected chi connectivity index (χ0v) is 18.7. The summed E-state index contributed by atoms with van der Waals surface area (Å²) in [6.07, 6.45) is 5.29. The molecule has 2 unspecified atom stereocenters. The van der Waals surface area contributed by atoms with Crippen molar-refractivity contribution >= 4 is 0 Å². The van der Waals surface area contributed by atoms with E-state index in [0.717, 1.165) is 71.0 Å². The van der Waals surface area contributed by atoms with Gasteiger partial charge < -0.3 is 21.3 Å². The highest BCUT2D eigenvalue weighted by molar-refractivity contribution is 5.31. The maximum Gasteiger partial charge on any atom is 0.0541 e. The maximum atomic E-state index is 4.52. The van der Waals surface area contributed by atoms with E-state index in [1.54, 1.807) is 0 Å². The normalized spacial score (nSPS) is 24.4. The Balaban J connectivity index is 1.46. The van der Waals surface area contributed by atoms with Crippen molar-refractivity contribution in [3.63, 3.8) is 0 Å². The highest BCUT2D eigenvalue weighted by atomic mass is 15.2. The fourth-order valence-corrected chi connectivity index (χ4v) is 4.75. The molecule has 2 heterocycles. The van der Waals surface area contributed by atoms with E-state index in [1.165, 1.54) is 24.0 Å². The first-order valence-corrected chi connectivity index (χ1v) is 12.0. The summed E-state index contributed by atoms with van der Waals surface area (Å²) in [4.78, 5) is 7.22. The molecule has 2 aliphatic carbocycles. The number of hydrogen-bond donors (Lipinski definition) is 4. The van der Waals surface area contributed by atoms with Crippen molar-refractivity contribution < 1.29 is 0 Å². The Kier molecular flexibility index (Phi) is 8.85. The van der Waals surface area contributed by atoms with Crippen LogP contribution in [0.25, 0.3) is 0 Å². The molecule has 2 bridgehead atoms. The van der Waals surface area contributed by atoms with Crippen LogP contribution in [-0.2, 0) is 13.0 Å². The molecule has 1 fully saturated rings. The summed E-state index contributed by atoms with van der Waals surface area (Å²) in [5.74, 6) is 0. The van der Waals surface area contributed by atoms with Crippen molar-refractivity contribution in [3.05, 3.63) is 65.5 Å². The molecule has 1 aliphatic heterocycles. The van der Waals surface area contributed by atoms with Crippen molar-refractivity contribution in [2.75, 3.05) is 52.4 Å². The van der Waals surface area contributed by atoms with Gasteiger partial charge in [-0.25, -0.2) is 0 Å². The zero-order chi connectivity index (χ0) is 21.1. The molecule has 2 atom stereocenters. The van der Waals surface area contributed by atoms with Crippen molar-refractivity contribution in [2.24, 2.45) is 0 Å². The summed E-state index contributed by atoms with van der Waals surface area (Å²) >= 11 is 0. The van der Waals surface area contributed by atoms with Gasteiger partial charge in [-0.05, 0) is 62.2 Å². The van der Waals surface area contributed by atoms with E-state index < -0.39 is 0 Å². The second-order valence-electron chi connectivity index (χ2n) is 8.69. The average Bonchev–Trinajstić information content (AvgIpc) is 3.09. The molecule has 0 saturated carbocycles. The summed E-state index contributed by atoms with van der Waals surface area (Å²) in [6, 6.07) is 16.2. The summed E-state index contributed by atoms with van der Waals surface area (Å²) in [7, 11) is 0. The van der Waals surface area contributed by atoms with Crippen LogP contribution >= 0.6 is 0 Å². The number of pyridine rings is 1. The minimum atomic E-state index is 0.382. The van der Waals surface area contributed by atoms with E-state index in [4.69, 9.17) is 0 Å². The Morgan fingerprint density at radius 2 is 1.61 bits per heavy atom. The van der Waals surface area contributed by atoms with Gasteiger partial charge in [-0.2, -0.15) is 0 Å². The van der Waals surface area contributed by atoms with Crippen molar-refractivity contribution in [2.45, 2.75) is 37.9 Å². The largest absolute Gasteiger partial charge is 0.315 e. The second-order valence-corrected chi connectivity index (χ2v) is 8.69. The van der Waals surface area contributed by atoms with Gasteiger partial charge in [0.15, 0.2) is 0 Å². The first kappa shape index (κ1) is 22.4. The van der Waals surface area contributed by atoms with Crippen LogP contribution in [0.3, 0.4) is 0 Å². The van der Waals surface area contributed by atoms with Gasteiger partial charge in [-0.15, -0.1) is 0 Å². The molecule has 1 aromatic carbocycles. The summed E-state index contributed by atoms with van der Waals surface area (Å²) in [5, 5.41) is 14.6. The molecule has 0 spiro atoms. The lowest BCUT2D eigenvalue weighted by Gasteiger charge is -2.37. The highest BCUT2D eigenvalue weighted by Gasteiger charge is 2.31. The molecular formula is C25H38N6. The number of fused-ring (bicyclic) bond motifs is 4. The Morgan fingerprint density at radius 1 is 0.839 bits per heavy atom. The molecule has 4 N–H and O–H groups in total. The molecule has 168 valence electrons. The molecule has 0 radical (unpaired) electrons. The fraction of sp³-hybridized carbons (Fsp3) is 0.560. The molecule has 3 aliphatic rings. The van der Waals surface area contributed by atoms with E-state index in [0.29, 0.717) is 12.1 Å². The van der Waals surface area contributed by atoms with Crippen LogP contribution in [-0.4, -0.2) is 68.3 Å². The number of nitrogens with zero attached hydrogens (tertiary/aromatic N) is 2. The molecule has 31 heavy (non-hydrogen) atoms. The van der Waals surface area contributed by atoms with Gasteiger partial charge in [0.2, 0.25) is 0 Å². The number of aromatic nitrogens is 1. The van der Waals surface area contributed by atoms with E-state index in [-0.39, 0.29) is 0 Å². The third-order valence-corrected chi connectivity index (χ3v) is 6.38. The van der Waals surface area contributed by atoms with Gasteiger partial charge in [0.1, 0.15) is 0 Å². The first-order chi connectivity index (χ1) is 15.4. The molecule has 6 nitrogen and oxygen atoms in total. The molecule has 1 saturated heterocycles. The number of benzene rings is 1. The zero-order valence-electron chi connectivity index (χ0n) is 18.7. The number of hydrogen-bond acceptors (Lipinski definition) is 6. The minimum absolute atomic E-state index is 0.382. The molecule has 1 aromatic heterocycles. The minimum Gasteiger partial charge on any atom is -0.315 e. The van der Waals surface area contributed by atoms with Gasteiger partial charge in [-0.3, -0.25) is 9.88 Å². The quantitative estimate of drug-likeness (QED) is 0.602. The summed E-state index contributed by atoms with van der Waals surface area (Å²) < 4.78 is 0. The SMILES string of the molecule is c1ccc(CNC2Cc3ccc(cc3)C2N2CCCNCCNCCCNCC2)nc1. The van der Waals surface area contributed by atoms with Gasteiger partial charge in [0.05, 0.1) is 11.7 Å². The summed E-state index contributed by atoms with van der Waals surface area (Å²) in [6.45, 7) is 9.36. The lowest BCUT2D eigenvalue weighted by Crippen LogP contribution is -2.47. The predicted octanol–water partition coefficient (Wildman–Crippen LogP) is 1.70. The first-order valence-electron chi connectivity index (χ1n) is 12.0.